The van der Waals surface area contributed by atoms with Gasteiger partial charge in [0.2, 0.25) is 5.60 Å². The third kappa shape index (κ3) is 2.70. The van der Waals surface area contributed by atoms with Crippen molar-refractivity contribution in [3.63, 3.8) is 0 Å². The van der Waals surface area contributed by atoms with Crippen LogP contribution in [0.1, 0.15) is 44.7 Å². The average molecular weight is 447 g/mol. The molecule has 2 unspecified atom stereocenters. The summed E-state index contributed by atoms with van der Waals surface area (Å²) in [7, 11) is 0. The predicted molar refractivity (Wildman–Crippen MR) is 121 cm³/mol. The number of amides is 2. The fourth-order valence-corrected chi connectivity index (χ4v) is 5.39. The van der Waals surface area contributed by atoms with Crippen molar-refractivity contribution in [2.45, 2.75) is 45.6 Å². The molecule has 2 bridgehead atoms. The highest BCUT2D eigenvalue weighted by molar-refractivity contribution is 6.13. The zero-order valence-corrected chi connectivity index (χ0v) is 18.8. The van der Waals surface area contributed by atoms with Crippen molar-refractivity contribution < 1.29 is 24.0 Å². The van der Waals surface area contributed by atoms with Gasteiger partial charge in [-0.05, 0) is 37.5 Å². The van der Waals surface area contributed by atoms with E-state index in [1.54, 1.807) is 18.2 Å². The number of esters is 1. The standard InChI is InChI=1S/C25H25N3O5/c1-23(2)24(3)12-13-25(23,32-20(24)29)21(30)33-27-17-14-15-8-4-6-10-18(15)28(22(26)31)19-11-7-5-9-16(17)19/h4-11H,12-14H2,1-3H3,(H2,26,31). The fraction of sp³-hybridized carbons (Fsp3) is 0.360. The minimum absolute atomic E-state index is 0.318. The van der Waals surface area contributed by atoms with Gasteiger partial charge in [-0.1, -0.05) is 55.4 Å². The number of nitrogens with zero attached hydrogens (tertiary/aromatic N) is 2. The normalized spacial score (nSPS) is 28.0. The van der Waals surface area contributed by atoms with Crippen molar-refractivity contribution >= 4 is 35.1 Å². The molecule has 2 atom stereocenters. The Morgan fingerprint density at radius 1 is 1.03 bits per heavy atom. The Hall–Kier alpha value is -3.68. The Morgan fingerprint density at radius 3 is 2.33 bits per heavy atom. The Balaban J connectivity index is 1.55. The Labute approximate surface area is 191 Å². The first-order valence-electron chi connectivity index (χ1n) is 10.9. The van der Waals surface area contributed by atoms with Crippen LogP contribution in [0.4, 0.5) is 16.2 Å². The van der Waals surface area contributed by atoms with Crippen molar-refractivity contribution in [1.29, 1.82) is 0 Å². The molecule has 170 valence electrons. The number of para-hydroxylation sites is 2. The molecule has 2 aliphatic heterocycles. The van der Waals surface area contributed by atoms with Gasteiger partial charge in [-0.25, -0.2) is 9.59 Å². The number of carbonyl (C=O) groups is 3. The summed E-state index contributed by atoms with van der Waals surface area (Å²) in [5.41, 5.74) is 5.97. The number of nitrogens with two attached hydrogens (primary N) is 1. The van der Waals surface area contributed by atoms with E-state index in [0.717, 1.165) is 5.56 Å². The third-order valence-corrected chi connectivity index (χ3v) is 7.92. The second-order valence-corrected chi connectivity index (χ2v) is 9.59. The highest BCUT2D eigenvalue weighted by atomic mass is 16.7. The zero-order chi connectivity index (χ0) is 23.6. The third-order valence-electron chi connectivity index (χ3n) is 7.92. The van der Waals surface area contributed by atoms with Crippen LogP contribution in [0.2, 0.25) is 0 Å². The minimum atomic E-state index is -1.37. The van der Waals surface area contributed by atoms with E-state index in [1.807, 2.05) is 51.1 Å². The van der Waals surface area contributed by atoms with Crippen LogP contribution in [0.25, 0.3) is 0 Å². The lowest BCUT2D eigenvalue weighted by molar-refractivity contribution is -0.183. The lowest BCUT2D eigenvalue weighted by Gasteiger charge is -2.33. The smallest absolute Gasteiger partial charge is 0.378 e. The number of hydrogen-bond acceptors (Lipinski definition) is 6. The number of carbonyl (C=O) groups excluding carboxylic acids is 3. The molecule has 2 aromatic rings. The summed E-state index contributed by atoms with van der Waals surface area (Å²) in [6.45, 7) is 5.56. The first-order chi connectivity index (χ1) is 15.6. The van der Waals surface area contributed by atoms with E-state index in [4.69, 9.17) is 15.3 Å². The molecule has 0 spiro atoms. The van der Waals surface area contributed by atoms with E-state index >= 15 is 0 Å². The molecule has 2 aromatic carbocycles. The lowest BCUT2D eigenvalue weighted by atomic mass is 9.66. The Morgan fingerprint density at radius 2 is 1.70 bits per heavy atom. The van der Waals surface area contributed by atoms with Crippen molar-refractivity contribution in [2.75, 3.05) is 4.90 Å². The maximum absolute atomic E-state index is 13.3. The van der Waals surface area contributed by atoms with Crippen molar-refractivity contribution in [2.24, 2.45) is 21.7 Å². The van der Waals surface area contributed by atoms with E-state index in [2.05, 4.69) is 5.16 Å². The molecule has 33 heavy (non-hydrogen) atoms. The minimum Gasteiger partial charge on any atom is -0.446 e. The van der Waals surface area contributed by atoms with Crippen molar-refractivity contribution in [1.82, 2.24) is 0 Å². The Bertz CT molecular complexity index is 1240. The molecule has 2 amide bonds. The number of primary amides is 1. The number of rotatable bonds is 2. The van der Waals surface area contributed by atoms with E-state index < -0.39 is 28.4 Å². The number of fused-ring (bicyclic) bond motifs is 4. The van der Waals surface area contributed by atoms with E-state index in [9.17, 15) is 14.4 Å². The number of ether oxygens (including phenoxy) is 1. The van der Waals surface area contributed by atoms with E-state index in [0.29, 0.717) is 41.9 Å². The van der Waals surface area contributed by atoms with Crippen molar-refractivity contribution in [3.8, 4) is 0 Å². The summed E-state index contributed by atoms with van der Waals surface area (Å²) in [5, 5.41) is 4.24. The summed E-state index contributed by atoms with van der Waals surface area (Å²) in [6, 6.07) is 13.9. The zero-order valence-electron chi connectivity index (χ0n) is 18.8. The molecule has 3 aliphatic rings. The van der Waals surface area contributed by atoms with Crippen LogP contribution >= 0.6 is 0 Å². The molecule has 0 radical (unpaired) electrons. The van der Waals surface area contributed by atoms with Gasteiger partial charge in [0.05, 0.1) is 22.5 Å². The highest BCUT2D eigenvalue weighted by Crippen LogP contribution is 2.65. The van der Waals surface area contributed by atoms with Gasteiger partial charge in [0, 0.05) is 17.4 Å². The van der Waals surface area contributed by atoms with Crippen LogP contribution in [0.3, 0.4) is 0 Å². The van der Waals surface area contributed by atoms with Crippen LogP contribution in [0, 0.1) is 10.8 Å². The first kappa shape index (κ1) is 21.2. The summed E-state index contributed by atoms with van der Waals surface area (Å²) in [4.78, 5) is 45.1. The number of oxime groups is 1. The predicted octanol–water partition coefficient (Wildman–Crippen LogP) is 3.83. The molecule has 1 saturated heterocycles. The summed E-state index contributed by atoms with van der Waals surface area (Å²) in [6.07, 6.45) is 1.26. The largest absolute Gasteiger partial charge is 0.446 e. The average Bonchev–Trinajstić information content (AvgIpc) is 3.00. The van der Waals surface area contributed by atoms with Crippen molar-refractivity contribution in [3.05, 3.63) is 59.7 Å². The molecule has 2 fully saturated rings. The topological polar surface area (TPSA) is 111 Å². The second-order valence-electron chi connectivity index (χ2n) is 9.59. The van der Waals surface area contributed by atoms with Gasteiger partial charge in [-0.2, -0.15) is 0 Å². The molecule has 8 nitrogen and oxygen atoms in total. The molecule has 1 aliphatic carbocycles. The van der Waals surface area contributed by atoms with Gasteiger partial charge in [0.15, 0.2) is 0 Å². The molecular weight excluding hydrogens is 422 g/mol. The summed E-state index contributed by atoms with van der Waals surface area (Å²) < 4.78 is 5.61. The highest BCUT2D eigenvalue weighted by Gasteiger charge is 2.76. The van der Waals surface area contributed by atoms with Crippen LogP contribution < -0.4 is 10.6 Å². The number of benzene rings is 2. The van der Waals surface area contributed by atoms with Crippen LogP contribution in [0.15, 0.2) is 53.7 Å². The molecule has 2 heterocycles. The maximum atomic E-state index is 13.3. The molecule has 0 aromatic heterocycles. The second kappa shape index (κ2) is 6.91. The lowest BCUT2D eigenvalue weighted by Crippen LogP contribution is -2.48. The summed E-state index contributed by atoms with van der Waals surface area (Å²) in [5.74, 6) is -1.06. The van der Waals surface area contributed by atoms with Gasteiger partial charge in [-0.3, -0.25) is 9.69 Å². The quantitative estimate of drug-likeness (QED) is 0.427. The van der Waals surface area contributed by atoms with Gasteiger partial charge < -0.3 is 15.3 Å². The van der Waals surface area contributed by atoms with E-state index in [-0.39, 0.29) is 5.97 Å². The van der Waals surface area contributed by atoms with Crippen LogP contribution in [-0.2, 0) is 25.6 Å². The molecule has 8 heteroatoms. The SMILES string of the molecule is CC12CCC(C(=O)ON=C3Cc4ccccc4N(C(N)=O)c4ccccc43)(OC1=O)C2(C)C. The first-order valence-corrected chi connectivity index (χ1v) is 10.9. The monoisotopic (exact) mass is 447 g/mol. The molecular formula is C25H25N3O5. The summed E-state index contributed by atoms with van der Waals surface area (Å²) >= 11 is 0. The molecule has 2 N–H and O–H groups in total. The Kier molecular flexibility index (Phi) is 4.43. The van der Waals surface area contributed by atoms with Crippen LogP contribution in [-0.4, -0.2) is 29.3 Å². The maximum Gasteiger partial charge on any atom is 0.378 e. The fourth-order valence-electron chi connectivity index (χ4n) is 5.39. The molecule has 1 saturated carbocycles. The van der Waals surface area contributed by atoms with Gasteiger partial charge in [0.25, 0.3) is 0 Å². The number of hydrogen-bond donors (Lipinski definition) is 1. The van der Waals surface area contributed by atoms with Crippen LogP contribution in [0.5, 0.6) is 0 Å². The number of anilines is 2. The molecule has 5 rings (SSSR count). The van der Waals surface area contributed by atoms with Gasteiger partial charge in [0.1, 0.15) is 0 Å². The van der Waals surface area contributed by atoms with E-state index in [1.165, 1.54) is 4.90 Å². The van der Waals surface area contributed by atoms with Gasteiger partial charge >= 0.3 is 18.0 Å². The number of urea groups is 1. The van der Waals surface area contributed by atoms with Gasteiger partial charge in [-0.15, -0.1) is 0 Å².